The number of nitrogens with zero attached hydrogens (tertiary/aromatic N) is 3. The van der Waals surface area contributed by atoms with E-state index in [2.05, 4.69) is 29.3 Å². The van der Waals surface area contributed by atoms with Gasteiger partial charge in [-0.1, -0.05) is 67.6 Å². The summed E-state index contributed by atoms with van der Waals surface area (Å²) in [5.41, 5.74) is 2.90. The molecule has 1 N–H and O–H groups in total. The molecule has 1 atom stereocenters. The van der Waals surface area contributed by atoms with Gasteiger partial charge in [0, 0.05) is 32.4 Å². The molecule has 2 heterocycles. The molecule has 0 fully saturated rings. The third-order valence-electron chi connectivity index (χ3n) is 5.98. The van der Waals surface area contributed by atoms with Gasteiger partial charge in [0.2, 0.25) is 5.91 Å². The number of benzene rings is 2. The Morgan fingerprint density at radius 3 is 2.38 bits per heavy atom. The minimum Gasteiger partial charge on any atom is -0.353 e. The maximum atomic E-state index is 13.2. The molecular weight excluding hydrogens is 400 g/mol. The molecule has 0 spiro atoms. The lowest BCUT2D eigenvalue weighted by Crippen LogP contribution is -2.55. The predicted octanol–water partition coefficient (Wildman–Crippen LogP) is 3.15. The van der Waals surface area contributed by atoms with Crippen LogP contribution in [0.2, 0.25) is 0 Å². The van der Waals surface area contributed by atoms with Crippen molar-refractivity contribution in [2.24, 2.45) is 0 Å². The molecule has 1 aromatic heterocycles. The fourth-order valence-electron chi connectivity index (χ4n) is 4.17. The topological polar surface area (TPSA) is 57.6 Å². The number of carbonyl (C=O) groups excluding carboxylic acids is 2. The number of rotatable bonds is 9. The zero-order valence-electron chi connectivity index (χ0n) is 18.5. The number of aromatic nitrogens is 1. The van der Waals surface area contributed by atoms with Crippen molar-refractivity contribution < 1.29 is 9.59 Å². The van der Waals surface area contributed by atoms with Crippen molar-refractivity contribution in [1.29, 1.82) is 0 Å². The Kier molecular flexibility index (Phi) is 7.02. The van der Waals surface area contributed by atoms with Crippen molar-refractivity contribution >= 4 is 11.8 Å². The molecule has 1 aliphatic heterocycles. The maximum absolute atomic E-state index is 13.2. The second-order valence-corrected chi connectivity index (χ2v) is 8.13. The molecule has 0 radical (unpaired) electrons. The highest BCUT2D eigenvalue weighted by Gasteiger charge is 2.36. The SMILES string of the molecule is CCN(CCNC(=O)C1Cn2cccc2C(=O)N1Cc1ccccc1)Cc1ccccc1. The molecule has 0 bridgehead atoms. The molecule has 0 saturated carbocycles. The fraction of sp³-hybridized carbons (Fsp3) is 0.308. The molecule has 32 heavy (non-hydrogen) atoms. The lowest BCUT2D eigenvalue weighted by molar-refractivity contribution is -0.126. The summed E-state index contributed by atoms with van der Waals surface area (Å²) >= 11 is 0. The van der Waals surface area contributed by atoms with E-state index in [0.717, 1.165) is 25.2 Å². The zero-order chi connectivity index (χ0) is 22.3. The standard InChI is InChI=1S/C26H30N4O2/c1-2-28(18-21-10-5-3-6-11-21)17-15-27-25(31)24-20-29-16-9-14-23(29)26(32)30(24)19-22-12-7-4-8-13-22/h3-14,16,24H,2,15,17-20H2,1H3,(H,27,31). The van der Waals surface area contributed by atoms with Crippen LogP contribution < -0.4 is 5.32 Å². The molecule has 2 aromatic carbocycles. The van der Waals surface area contributed by atoms with Crippen molar-refractivity contribution in [3.05, 3.63) is 95.8 Å². The monoisotopic (exact) mass is 430 g/mol. The van der Waals surface area contributed by atoms with Crippen LogP contribution in [0, 0.1) is 0 Å². The predicted molar refractivity (Wildman–Crippen MR) is 125 cm³/mol. The van der Waals surface area contributed by atoms with Gasteiger partial charge in [-0.25, -0.2) is 0 Å². The quantitative estimate of drug-likeness (QED) is 0.567. The van der Waals surface area contributed by atoms with Crippen molar-refractivity contribution in [3.8, 4) is 0 Å². The maximum Gasteiger partial charge on any atom is 0.271 e. The summed E-state index contributed by atoms with van der Waals surface area (Å²) in [6, 6.07) is 23.3. The average molecular weight is 431 g/mol. The van der Waals surface area contributed by atoms with E-state index in [9.17, 15) is 9.59 Å². The van der Waals surface area contributed by atoms with Gasteiger partial charge in [-0.05, 0) is 29.8 Å². The minimum atomic E-state index is -0.535. The normalized spacial score (nSPS) is 15.6. The van der Waals surface area contributed by atoms with Crippen LogP contribution in [0.25, 0.3) is 0 Å². The van der Waals surface area contributed by atoms with Crippen LogP contribution >= 0.6 is 0 Å². The molecule has 4 rings (SSSR count). The molecule has 1 aliphatic rings. The number of carbonyl (C=O) groups is 2. The first kappa shape index (κ1) is 21.8. The van der Waals surface area contributed by atoms with Gasteiger partial charge in [-0.2, -0.15) is 0 Å². The summed E-state index contributed by atoms with van der Waals surface area (Å²) < 4.78 is 1.88. The molecule has 3 aromatic rings. The molecule has 6 nitrogen and oxygen atoms in total. The third-order valence-corrected chi connectivity index (χ3v) is 5.98. The van der Waals surface area contributed by atoms with Gasteiger partial charge in [-0.3, -0.25) is 14.5 Å². The van der Waals surface area contributed by atoms with Gasteiger partial charge >= 0.3 is 0 Å². The highest BCUT2D eigenvalue weighted by atomic mass is 16.2. The second kappa shape index (κ2) is 10.3. The van der Waals surface area contributed by atoms with Crippen molar-refractivity contribution in [3.63, 3.8) is 0 Å². The Balaban J connectivity index is 1.40. The lowest BCUT2D eigenvalue weighted by Gasteiger charge is -2.36. The summed E-state index contributed by atoms with van der Waals surface area (Å²) in [7, 11) is 0. The largest absolute Gasteiger partial charge is 0.353 e. The summed E-state index contributed by atoms with van der Waals surface area (Å²) in [4.78, 5) is 30.3. The highest BCUT2D eigenvalue weighted by Crippen LogP contribution is 2.21. The molecule has 0 aliphatic carbocycles. The smallest absolute Gasteiger partial charge is 0.271 e. The van der Waals surface area contributed by atoms with Crippen molar-refractivity contribution in [2.75, 3.05) is 19.6 Å². The average Bonchev–Trinajstić information content (AvgIpc) is 3.30. The molecule has 6 heteroatoms. The molecule has 166 valence electrons. The number of nitrogens with one attached hydrogen (secondary N) is 1. The zero-order valence-corrected chi connectivity index (χ0v) is 18.5. The van der Waals surface area contributed by atoms with E-state index in [1.165, 1.54) is 5.56 Å². The molecular formula is C26H30N4O2. The van der Waals surface area contributed by atoms with Crippen LogP contribution in [-0.2, 0) is 24.4 Å². The Bertz CT molecular complexity index is 1030. The van der Waals surface area contributed by atoms with E-state index in [1.54, 1.807) is 4.90 Å². The number of fused-ring (bicyclic) bond motifs is 1. The summed E-state index contributed by atoms with van der Waals surface area (Å²) in [5, 5.41) is 3.07. The van der Waals surface area contributed by atoms with E-state index >= 15 is 0 Å². The second-order valence-electron chi connectivity index (χ2n) is 8.13. The van der Waals surface area contributed by atoms with Gasteiger partial charge in [-0.15, -0.1) is 0 Å². The Morgan fingerprint density at radius 2 is 1.69 bits per heavy atom. The van der Waals surface area contributed by atoms with E-state index in [0.29, 0.717) is 25.3 Å². The first-order valence-electron chi connectivity index (χ1n) is 11.2. The van der Waals surface area contributed by atoms with Gasteiger partial charge in [0.05, 0.1) is 6.54 Å². The van der Waals surface area contributed by atoms with Crippen molar-refractivity contribution in [1.82, 2.24) is 19.7 Å². The molecule has 2 amide bonds. The van der Waals surface area contributed by atoms with Crippen LogP contribution in [-0.4, -0.2) is 51.9 Å². The Morgan fingerprint density at radius 1 is 1.00 bits per heavy atom. The van der Waals surface area contributed by atoms with Crippen LogP contribution in [0.4, 0.5) is 0 Å². The van der Waals surface area contributed by atoms with E-state index in [1.807, 2.05) is 71.4 Å². The van der Waals surface area contributed by atoms with E-state index in [-0.39, 0.29) is 11.8 Å². The van der Waals surface area contributed by atoms with Gasteiger partial charge in [0.15, 0.2) is 0 Å². The van der Waals surface area contributed by atoms with Crippen LogP contribution in [0.3, 0.4) is 0 Å². The van der Waals surface area contributed by atoms with Crippen LogP contribution in [0.5, 0.6) is 0 Å². The van der Waals surface area contributed by atoms with Crippen molar-refractivity contribution in [2.45, 2.75) is 32.6 Å². The third kappa shape index (κ3) is 5.08. The molecule has 0 saturated heterocycles. The van der Waals surface area contributed by atoms with Gasteiger partial charge in [0.1, 0.15) is 11.7 Å². The minimum absolute atomic E-state index is 0.107. The van der Waals surface area contributed by atoms with E-state index < -0.39 is 6.04 Å². The van der Waals surface area contributed by atoms with Gasteiger partial charge < -0.3 is 14.8 Å². The highest BCUT2D eigenvalue weighted by molar-refractivity contribution is 5.97. The lowest BCUT2D eigenvalue weighted by atomic mass is 10.1. The Labute approximate surface area is 189 Å². The van der Waals surface area contributed by atoms with Crippen LogP contribution in [0.15, 0.2) is 79.0 Å². The van der Waals surface area contributed by atoms with Crippen LogP contribution in [0.1, 0.15) is 28.5 Å². The fourth-order valence-corrected chi connectivity index (χ4v) is 4.17. The number of hydrogen-bond donors (Lipinski definition) is 1. The number of likely N-dealkylation sites (N-methyl/N-ethyl adjacent to an activating group) is 1. The molecule has 1 unspecified atom stereocenters. The first-order valence-corrected chi connectivity index (χ1v) is 11.2. The number of hydrogen-bond acceptors (Lipinski definition) is 3. The number of amides is 2. The summed E-state index contributed by atoms with van der Waals surface area (Å²) in [6.45, 7) is 6.06. The van der Waals surface area contributed by atoms with E-state index in [4.69, 9.17) is 0 Å². The summed E-state index contributed by atoms with van der Waals surface area (Å²) in [6.07, 6.45) is 1.87. The first-order chi connectivity index (χ1) is 15.7. The van der Waals surface area contributed by atoms with Gasteiger partial charge in [0.25, 0.3) is 5.91 Å². The Hall–Kier alpha value is -3.38. The summed E-state index contributed by atoms with van der Waals surface area (Å²) in [5.74, 6) is -0.214.